The van der Waals surface area contributed by atoms with Crippen LogP contribution >= 0.6 is 0 Å². The summed E-state index contributed by atoms with van der Waals surface area (Å²) in [5.41, 5.74) is 9.96. The van der Waals surface area contributed by atoms with E-state index in [9.17, 15) is 14.7 Å². The van der Waals surface area contributed by atoms with E-state index in [0.717, 1.165) is 55.5 Å². The maximum Gasteiger partial charge on any atom is 2.00 e. The van der Waals surface area contributed by atoms with Crippen LogP contribution in [-0.2, 0) is 62.6 Å². The Morgan fingerprint density at radius 2 is 0.875 bits per heavy atom. The third-order valence-electron chi connectivity index (χ3n) is 20.7. The van der Waals surface area contributed by atoms with E-state index in [1.807, 2.05) is 12.1 Å². The van der Waals surface area contributed by atoms with Crippen molar-refractivity contribution >= 4 is 68.2 Å². The van der Waals surface area contributed by atoms with Crippen molar-refractivity contribution < 1.29 is 62.4 Å². The van der Waals surface area contributed by atoms with Crippen molar-refractivity contribution in [1.82, 2.24) is 0 Å². The van der Waals surface area contributed by atoms with E-state index >= 15 is 0 Å². The van der Waals surface area contributed by atoms with Gasteiger partial charge in [-0.25, -0.2) is 4.79 Å². The van der Waals surface area contributed by atoms with Gasteiger partial charge in [-0.3, -0.25) is 4.79 Å². The summed E-state index contributed by atoms with van der Waals surface area (Å²) in [4.78, 5) is 25.6. The Bertz CT molecular complexity index is 3760. The summed E-state index contributed by atoms with van der Waals surface area (Å²) >= 11 is 0. The molecular formula is C88H110Fe2N2O4+2. The molecule has 8 aromatic rings. The van der Waals surface area contributed by atoms with E-state index < -0.39 is 11.4 Å². The smallest absolute Gasteiger partial charge is 0.475 e. The number of allylic oxidation sites excluding steroid dienone is 2. The number of unbranched alkanes of at least 4 members (excludes halogenated alkanes) is 2. The van der Waals surface area contributed by atoms with Gasteiger partial charge in [0.05, 0.1) is 11.0 Å². The summed E-state index contributed by atoms with van der Waals surface area (Å²) in [5.74, 6) is 1.48. The molecule has 2 unspecified atom stereocenters. The van der Waals surface area contributed by atoms with Crippen molar-refractivity contribution in [3.8, 4) is 0 Å². The van der Waals surface area contributed by atoms with Gasteiger partial charge in [-0.2, -0.15) is 9.15 Å². The summed E-state index contributed by atoms with van der Waals surface area (Å²) < 4.78 is 10.6. The summed E-state index contributed by atoms with van der Waals surface area (Å²) in [7, 11) is 0. The van der Waals surface area contributed by atoms with Crippen LogP contribution in [0.2, 0.25) is 0 Å². The van der Waals surface area contributed by atoms with E-state index in [-0.39, 0.29) is 80.8 Å². The third-order valence-corrected chi connectivity index (χ3v) is 20.7. The van der Waals surface area contributed by atoms with E-state index in [4.69, 9.17) is 4.42 Å². The van der Waals surface area contributed by atoms with Crippen LogP contribution in [0, 0.1) is 41.5 Å². The molecule has 8 heteroatoms. The molecule has 0 radical (unpaired) electrons. The number of carbonyl (C=O) groups is 2. The predicted octanol–water partition coefficient (Wildman–Crippen LogP) is 23.6. The maximum atomic E-state index is 14.2. The van der Waals surface area contributed by atoms with Crippen LogP contribution in [0.4, 0.5) is 11.4 Å². The predicted molar refractivity (Wildman–Crippen MR) is 401 cm³/mol. The van der Waals surface area contributed by atoms with Gasteiger partial charge in [0, 0.05) is 42.7 Å². The average Bonchev–Trinajstić information content (AvgIpc) is 1.55. The molecule has 4 saturated carbocycles. The average molecular weight is 1370 g/mol. The van der Waals surface area contributed by atoms with E-state index in [2.05, 4.69) is 192 Å². The van der Waals surface area contributed by atoms with E-state index in [0.29, 0.717) is 12.2 Å². The fourth-order valence-corrected chi connectivity index (χ4v) is 16.0. The minimum absolute atomic E-state index is 0. The number of furan rings is 1. The van der Waals surface area contributed by atoms with Crippen molar-refractivity contribution in [3.05, 3.63) is 257 Å². The second kappa shape index (κ2) is 39.7. The number of carbonyl (C=O) groups excluding carboxylic acids is 1. The molecule has 0 amide bonds. The Labute approximate surface area is 600 Å². The SMILES string of the molecule is C1CCCC1.C1CCCC1.CC(=O)C1(Cc2ccccc2)C(/C=C/c2ccccc2)=[N+](CCCCC2CCCC2)c2ccc3ccccc3c21.CC1(Cc2ccccc2)C(/C=C/c2ccc(C(=O)O)o2)=[N+](CCCCC2CCCC2)c2ccc3ccccc3c21.[CH3-].[CH3-].[CH3-].[CH3-].[Fe+2].[Fe+2]. The van der Waals surface area contributed by atoms with Crippen LogP contribution < -0.4 is 0 Å². The standard InChI is InChI=1S/C38H40NO.C36H37NO3.2C5H10.4CH3.2Fe/c1-29(40)38(28-32-19-6-3-7-20-32)36(26-23-31-14-4-2-5-15-31)39(27-13-12-18-30-16-8-9-17-30)35-25-24-33-21-10-11-22-34(33)37(35)38;1-36(25-27-14-3-2-4-15-27)33(23-20-29-19-22-32(40-29)35(38)39)37(24-10-9-13-26-11-5-6-12-26)31-21-18-28-16-7-8-17-30(28)34(31)36;2*1-2-4-5-3-1;;;;;;/h2-7,10-11,14-15,19-26,30H,8-9,12-13,16-18,27-28H2,1H3;2-4,7-8,14-23,26H,5-6,9-13,24-25H2,1H3;2*1-5H2;4*1H3;;/q+1;;;;4*-1;2*+2/p+1/b26-23+;23-20+;;;;;;;;. The minimum Gasteiger partial charge on any atom is -0.475 e. The molecule has 510 valence electrons. The number of rotatable bonds is 20. The van der Waals surface area contributed by atoms with E-state index in [1.165, 1.54) is 208 Å². The molecule has 7 aromatic carbocycles. The second-order valence-corrected chi connectivity index (χ2v) is 27.0. The Balaban J connectivity index is 0.000000286. The van der Waals surface area contributed by atoms with Crippen molar-refractivity contribution in [2.24, 2.45) is 11.8 Å². The molecule has 2 atom stereocenters. The third kappa shape index (κ3) is 19.6. The summed E-state index contributed by atoms with van der Waals surface area (Å²) in [6.45, 7) is 6.06. The van der Waals surface area contributed by atoms with Crippen molar-refractivity contribution in [2.75, 3.05) is 13.1 Å². The van der Waals surface area contributed by atoms with Gasteiger partial charge >= 0.3 is 40.1 Å². The summed E-state index contributed by atoms with van der Waals surface area (Å²) in [6.07, 6.45) is 43.7. The number of nitrogens with zero attached hydrogens (tertiary/aromatic N) is 2. The molecule has 14 rings (SSSR count). The second-order valence-electron chi connectivity index (χ2n) is 27.0. The quantitative estimate of drug-likeness (QED) is 0.0357. The fraction of sp³-hybridized carbons (Fsp3) is 0.386. The number of hydrogen-bond donors (Lipinski definition) is 1. The van der Waals surface area contributed by atoms with Gasteiger partial charge in [0.25, 0.3) is 0 Å². The largest absolute Gasteiger partial charge is 2.00 e. The minimum atomic E-state index is -1.05. The van der Waals surface area contributed by atoms with Gasteiger partial charge in [0.2, 0.25) is 22.8 Å². The van der Waals surface area contributed by atoms with Crippen molar-refractivity contribution in [2.45, 2.75) is 192 Å². The Morgan fingerprint density at radius 3 is 1.34 bits per heavy atom. The number of Topliss-reactive ketones (excluding diaryl/α,β-unsaturated/α-hetero) is 1. The zero-order chi connectivity index (χ0) is 62.0. The summed E-state index contributed by atoms with van der Waals surface area (Å²) in [6, 6.07) is 61.4. The Morgan fingerprint density at radius 1 is 0.458 bits per heavy atom. The van der Waals surface area contributed by atoms with Crippen LogP contribution in [0.3, 0.4) is 0 Å². The molecule has 1 aromatic heterocycles. The van der Waals surface area contributed by atoms with Crippen molar-refractivity contribution in [3.63, 3.8) is 0 Å². The van der Waals surface area contributed by atoms with Crippen LogP contribution in [0.15, 0.2) is 192 Å². The zero-order valence-electron chi connectivity index (χ0n) is 58.8. The fourth-order valence-electron chi connectivity index (χ4n) is 16.0. The van der Waals surface area contributed by atoms with Crippen LogP contribution in [0.1, 0.15) is 212 Å². The molecular weight excluding hydrogens is 1260 g/mol. The molecule has 2 aliphatic heterocycles. The first-order chi connectivity index (χ1) is 44.2. The summed E-state index contributed by atoms with van der Waals surface area (Å²) in [5, 5.41) is 14.3. The van der Waals surface area contributed by atoms with Crippen LogP contribution in [0.5, 0.6) is 0 Å². The van der Waals surface area contributed by atoms with Gasteiger partial charge in [0.1, 0.15) is 24.3 Å². The molecule has 4 aliphatic carbocycles. The first-order valence-corrected chi connectivity index (χ1v) is 34.9. The normalized spacial score (nSPS) is 18.5. The monoisotopic (exact) mass is 1370 g/mol. The van der Waals surface area contributed by atoms with Gasteiger partial charge in [-0.05, 0) is 126 Å². The number of carboxylic acids is 1. The van der Waals surface area contributed by atoms with Gasteiger partial charge in [-0.1, -0.05) is 268 Å². The van der Waals surface area contributed by atoms with Gasteiger partial charge < -0.3 is 39.2 Å². The Kier molecular flexibility index (Phi) is 33.1. The molecule has 0 saturated heterocycles. The first-order valence-electron chi connectivity index (χ1n) is 34.9. The molecule has 4 fully saturated rings. The molecule has 6 aliphatic rings. The number of aromatic carboxylic acids is 1. The number of benzene rings is 7. The van der Waals surface area contributed by atoms with Crippen molar-refractivity contribution in [1.29, 1.82) is 0 Å². The number of carboxylic acid groups (broad SMARTS) is 1. The molecule has 1 N–H and O–H groups in total. The number of ketones is 1. The van der Waals surface area contributed by atoms with Gasteiger partial charge in [-0.15, -0.1) is 0 Å². The van der Waals surface area contributed by atoms with E-state index in [1.54, 1.807) is 13.0 Å². The van der Waals surface area contributed by atoms with Crippen LogP contribution in [-0.4, -0.2) is 50.5 Å². The molecule has 6 nitrogen and oxygen atoms in total. The molecule has 0 bridgehead atoms. The number of hydrogen-bond acceptors (Lipinski definition) is 3. The topological polar surface area (TPSA) is 73.5 Å². The molecule has 0 spiro atoms. The zero-order valence-corrected chi connectivity index (χ0v) is 61.0. The first kappa shape index (κ1) is 80.0. The maximum absolute atomic E-state index is 14.2. The molecule has 96 heavy (non-hydrogen) atoms. The van der Waals surface area contributed by atoms with Crippen LogP contribution in [0.25, 0.3) is 33.7 Å². The Hall–Kier alpha value is -6.66. The molecule has 3 heterocycles. The number of fused-ring (bicyclic) bond motifs is 6. The van der Waals surface area contributed by atoms with Gasteiger partial charge in [0.15, 0.2) is 11.5 Å².